The van der Waals surface area contributed by atoms with Crippen molar-refractivity contribution in [2.24, 2.45) is 0 Å². The maximum absolute atomic E-state index is 11.3. The zero-order chi connectivity index (χ0) is 12.3. The van der Waals surface area contributed by atoms with Crippen molar-refractivity contribution >= 4 is 18.0 Å². The molecule has 4 nitrogen and oxygen atoms in total. The first kappa shape index (κ1) is 11.4. The fraction of sp³-hybridized carbons (Fsp3) is 0.231. The Balaban J connectivity index is 2.23. The Kier molecular flexibility index (Phi) is 3.23. The van der Waals surface area contributed by atoms with Crippen LogP contribution in [0.3, 0.4) is 0 Å². The topological polar surface area (TPSA) is 52.6 Å². The summed E-state index contributed by atoms with van der Waals surface area (Å²) in [5, 5.41) is 0. The van der Waals surface area contributed by atoms with Gasteiger partial charge in [-0.2, -0.15) is 0 Å². The Labute approximate surface area is 98.8 Å². The highest BCUT2D eigenvalue weighted by atomic mass is 16.6. The van der Waals surface area contributed by atoms with Gasteiger partial charge in [-0.25, -0.2) is 4.79 Å². The molecule has 0 amide bonds. The van der Waals surface area contributed by atoms with Gasteiger partial charge in [0.15, 0.2) is 0 Å². The van der Waals surface area contributed by atoms with E-state index in [-0.39, 0.29) is 6.42 Å². The van der Waals surface area contributed by atoms with Crippen LogP contribution in [0.4, 0.5) is 0 Å². The smallest absolute Gasteiger partial charge is 0.342 e. The van der Waals surface area contributed by atoms with E-state index in [9.17, 15) is 9.59 Å². The third-order valence-corrected chi connectivity index (χ3v) is 2.31. The van der Waals surface area contributed by atoms with E-state index in [1.54, 1.807) is 6.08 Å². The highest BCUT2D eigenvalue weighted by Gasteiger charge is 2.26. The van der Waals surface area contributed by atoms with Gasteiger partial charge in [0.2, 0.25) is 0 Å². The molecule has 0 bridgehead atoms. The van der Waals surface area contributed by atoms with Crippen LogP contribution in [0.1, 0.15) is 18.9 Å². The summed E-state index contributed by atoms with van der Waals surface area (Å²) in [5.74, 6) is -0.321. The summed E-state index contributed by atoms with van der Waals surface area (Å²) in [5.41, 5.74) is 1.20. The lowest BCUT2D eigenvalue weighted by atomic mass is 10.1. The highest BCUT2D eigenvalue weighted by molar-refractivity contribution is 6.08. The molecule has 0 aromatic heterocycles. The van der Waals surface area contributed by atoms with E-state index in [1.165, 1.54) is 0 Å². The summed E-state index contributed by atoms with van der Waals surface area (Å²) in [6, 6.07) is 7.32. The van der Waals surface area contributed by atoms with Gasteiger partial charge in [-0.1, -0.05) is 12.1 Å². The van der Waals surface area contributed by atoms with Crippen molar-refractivity contribution < 1.29 is 19.1 Å². The molecule has 1 aromatic carbocycles. The lowest BCUT2D eigenvalue weighted by molar-refractivity contribution is -0.151. The molecule has 0 spiro atoms. The number of hydrogen-bond acceptors (Lipinski definition) is 4. The van der Waals surface area contributed by atoms with E-state index in [0.29, 0.717) is 12.2 Å². The Morgan fingerprint density at radius 2 is 2.24 bits per heavy atom. The molecule has 1 heterocycles. The van der Waals surface area contributed by atoms with E-state index in [2.05, 4.69) is 4.74 Å². The third-order valence-electron chi connectivity index (χ3n) is 2.31. The van der Waals surface area contributed by atoms with Crippen molar-refractivity contribution in [3.8, 4) is 5.75 Å². The predicted octanol–water partition coefficient (Wildman–Crippen LogP) is 1.94. The fourth-order valence-electron chi connectivity index (χ4n) is 1.60. The van der Waals surface area contributed by atoms with Crippen molar-refractivity contribution in [3.63, 3.8) is 0 Å². The average molecular weight is 232 g/mol. The second kappa shape index (κ2) is 4.82. The Bertz CT molecular complexity index is 488. The van der Waals surface area contributed by atoms with Crippen molar-refractivity contribution in [1.82, 2.24) is 0 Å². The molecule has 1 fully saturated rings. The van der Waals surface area contributed by atoms with Crippen molar-refractivity contribution in [2.75, 3.05) is 6.61 Å². The van der Waals surface area contributed by atoms with Crippen LogP contribution in [0.2, 0.25) is 0 Å². The second-order valence-electron chi connectivity index (χ2n) is 3.61. The van der Waals surface area contributed by atoms with E-state index in [1.807, 2.05) is 31.2 Å². The van der Waals surface area contributed by atoms with Crippen molar-refractivity contribution in [1.29, 1.82) is 0 Å². The molecular weight excluding hydrogens is 220 g/mol. The minimum absolute atomic E-state index is 0.0394. The van der Waals surface area contributed by atoms with Crippen molar-refractivity contribution in [2.45, 2.75) is 13.3 Å². The SMILES string of the molecule is CCOc1cccc(/C=C2\CC(=O)OC2=O)c1. The van der Waals surface area contributed by atoms with Crippen LogP contribution in [0.5, 0.6) is 5.75 Å². The number of rotatable bonds is 3. The van der Waals surface area contributed by atoms with Gasteiger partial charge < -0.3 is 9.47 Å². The number of ether oxygens (including phenoxy) is 2. The quantitative estimate of drug-likeness (QED) is 0.454. The molecule has 17 heavy (non-hydrogen) atoms. The van der Waals surface area contributed by atoms with Crippen LogP contribution in [-0.4, -0.2) is 18.5 Å². The molecule has 88 valence electrons. The number of carbonyl (C=O) groups is 2. The van der Waals surface area contributed by atoms with Crippen LogP contribution < -0.4 is 4.74 Å². The maximum Gasteiger partial charge on any atom is 0.342 e. The summed E-state index contributed by atoms with van der Waals surface area (Å²) in [6.45, 7) is 2.48. The molecule has 2 rings (SSSR count). The number of benzene rings is 1. The van der Waals surface area contributed by atoms with Gasteiger partial charge in [0, 0.05) is 5.57 Å². The summed E-state index contributed by atoms with van der Waals surface area (Å²) < 4.78 is 9.79. The Morgan fingerprint density at radius 3 is 2.88 bits per heavy atom. The number of cyclic esters (lactones) is 2. The fourth-order valence-corrected chi connectivity index (χ4v) is 1.60. The number of carbonyl (C=O) groups excluding carboxylic acids is 2. The van der Waals surface area contributed by atoms with Crippen LogP contribution >= 0.6 is 0 Å². The maximum atomic E-state index is 11.3. The van der Waals surface area contributed by atoms with Crippen molar-refractivity contribution in [3.05, 3.63) is 35.4 Å². The largest absolute Gasteiger partial charge is 0.494 e. The van der Waals surface area contributed by atoms with E-state index in [0.717, 1.165) is 11.3 Å². The first-order chi connectivity index (χ1) is 8.19. The lowest BCUT2D eigenvalue weighted by Crippen LogP contribution is -1.97. The summed E-state index contributed by atoms with van der Waals surface area (Å²) in [7, 11) is 0. The molecule has 4 heteroatoms. The molecule has 0 radical (unpaired) electrons. The first-order valence-electron chi connectivity index (χ1n) is 5.37. The molecule has 1 aromatic rings. The molecule has 0 unspecified atom stereocenters. The zero-order valence-electron chi connectivity index (χ0n) is 9.43. The molecule has 0 aliphatic carbocycles. The van der Waals surface area contributed by atoms with Gasteiger partial charge in [0.1, 0.15) is 5.75 Å². The minimum Gasteiger partial charge on any atom is -0.494 e. The Hall–Kier alpha value is -2.10. The number of esters is 2. The van der Waals surface area contributed by atoms with E-state index in [4.69, 9.17) is 4.74 Å². The monoisotopic (exact) mass is 232 g/mol. The van der Waals surface area contributed by atoms with Gasteiger partial charge in [-0.15, -0.1) is 0 Å². The van der Waals surface area contributed by atoms with Crippen LogP contribution in [0, 0.1) is 0 Å². The molecule has 0 atom stereocenters. The van der Waals surface area contributed by atoms with Crippen LogP contribution in [0.15, 0.2) is 29.8 Å². The van der Waals surface area contributed by atoms with Gasteiger partial charge >= 0.3 is 11.9 Å². The molecule has 1 aliphatic rings. The summed E-state index contributed by atoms with van der Waals surface area (Å²) in [6.07, 6.45) is 1.69. The number of hydrogen-bond donors (Lipinski definition) is 0. The normalized spacial score (nSPS) is 17.4. The third kappa shape index (κ3) is 2.72. The minimum atomic E-state index is -0.559. The lowest BCUT2D eigenvalue weighted by Gasteiger charge is -2.03. The molecule has 1 saturated heterocycles. The van der Waals surface area contributed by atoms with Crippen LogP contribution in [-0.2, 0) is 14.3 Å². The molecule has 1 aliphatic heterocycles. The Morgan fingerprint density at radius 1 is 1.41 bits per heavy atom. The molecule has 0 N–H and O–H groups in total. The molecule has 0 saturated carbocycles. The van der Waals surface area contributed by atoms with Gasteiger partial charge in [-0.3, -0.25) is 4.79 Å². The standard InChI is InChI=1S/C13H12O4/c1-2-16-11-5-3-4-9(7-11)6-10-8-12(14)17-13(10)15/h3-7H,2,8H2,1H3/b10-6+. The first-order valence-corrected chi connectivity index (χ1v) is 5.37. The second-order valence-corrected chi connectivity index (χ2v) is 3.61. The van der Waals surface area contributed by atoms with E-state index < -0.39 is 11.9 Å². The van der Waals surface area contributed by atoms with Gasteiger partial charge in [0.25, 0.3) is 0 Å². The predicted molar refractivity (Wildman–Crippen MR) is 61.3 cm³/mol. The molecular formula is C13H12O4. The zero-order valence-corrected chi connectivity index (χ0v) is 9.43. The summed E-state index contributed by atoms with van der Waals surface area (Å²) >= 11 is 0. The summed E-state index contributed by atoms with van der Waals surface area (Å²) in [4.78, 5) is 22.2. The van der Waals surface area contributed by atoms with E-state index >= 15 is 0 Å². The van der Waals surface area contributed by atoms with Crippen LogP contribution in [0.25, 0.3) is 6.08 Å². The van der Waals surface area contributed by atoms with Gasteiger partial charge in [0.05, 0.1) is 13.0 Å². The average Bonchev–Trinajstić information content (AvgIpc) is 2.58. The highest BCUT2D eigenvalue weighted by Crippen LogP contribution is 2.21. The van der Waals surface area contributed by atoms with Gasteiger partial charge in [-0.05, 0) is 30.7 Å².